The lowest BCUT2D eigenvalue weighted by atomic mass is 10.0. The van der Waals surface area contributed by atoms with Crippen molar-refractivity contribution < 1.29 is 9.47 Å². The van der Waals surface area contributed by atoms with Gasteiger partial charge in [0.15, 0.2) is 17.3 Å². The molecule has 2 aromatic rings. The number of rotatable bonds is 8. The third-order valence-electron chi connectivity index (χ3n) is 5.35. The average molecular weight is 389 g/mol. The fourth-order valence-electron chi connectivity index (χ4n) is 3.57. The number of hydrogen-bond donors (Lipinski definition) is 0. The van der Waals surface area contributed by atoms with Crippen LogP contribution >= 0.6 is 0 Å². The normalized spacial score (nSPS) is 17.1. The lowest BCUT2D eigenvalue weighted by molar-refractivity contribution is 0.121. The van der Waals surface area contributed by atoms with Crippen molar-refractivity contribution in [2.75, 3.05) is 47.4 Å². The lowest BCUT2D eigenvalue weighted by Crippen LogP contribution is -2.46. The van der Waals surface area contributed by atoms with Crippen molar-refractivity contribution in [3.8, 4) is 11.5 Å². The molecule has 0 aliphatic carbocycles. The first-order valence-corrected chi connectivity index (χ1v) is 9.94. The van der Waals surface area contributed by atoms with Crippen LogP contribution < -0.4 is 9.47 Å². The molecule has 0 radical (unpaired) electrons. The number of benzene rings is 1. The van der Waals surface area contributed by atoms with Crippen LogP contribution in [0.15, 0.2) is 18.2 Å². The fraction of sp³-hybridized carbons (Fsp3) is 0.650. The number of piperazine rings is 1. The summed E-state index contributed by atoms with van der Waals surface area (Å²) >= 11 is 0. The Morgan fingerprint density at radius 2 is 1.75 bits per heavy atom. The van der Waals surface area contributed by atoms with Crippen LogP contribution in [0.3, 0.4) is 0 Å². The molecule has 1 aliphatic heterocycles. The van der Waals surface area contributed by atoms with Gasteiger partial charge in [-0.05, 0) is 47.5 Å². The van der Waals surface area contributed by atoms with Crippen LogP contribution in [0.2, 0.25) is 0 Å². The molecule has 154 valence electrons. The van der Waals surface area contributed by atoms with Gasteiger partial charge in [0.2, 0.25) is 0 Å². The van der Waals surface area contributed by atoms with Crippen LogP contribution in [0.5, 0.6) is 11.5 Å². The second kappa shape index (κ2) is 9.34. The third-order valence-corrected chi connectivity index (χ3v) is 5.35. The smallest absolute Gasteiger partial charge is 0.173 e. The van der Waals surface area contributed by atoms with Gasteiger partial charge in [0.25, 0.3) is 0 Å². The van der Waals surface area contributed by atoms with Crippen LogP contribution in [0, 0.1) is 5.92 Å². The molecular weight excluding hydrogens is 356 g/mol. The summed E-state index contributed by atoms with van der Waals surface area (Å²) < 4.78 is 12.9. The van der Waals surface area contributed by atoms with Gasteiger partial charge < -0.3 is 14.4 Å². The summed E-state index contributed by atoms with van der Waals surface area (Å²) in [4.78, 5) is 4.81. The van der Waals surface area contributed by atoms with Gasteiger partial charge in [-0.25, -0.2) is 4.68 Å². The fourth-order valence-corrected chi connectivity index (χ4v) is 3.57. The second-order valence-corrected chi connectivity index (χ2v) is 7.80. The minimum atomic E-state index is -0.0179. The number of tetrazole rings is 1. The maximum absolute atomic E-state index is 5.55. The molecule has 2 heterocycles. The van der Waals surface area contributed by atoms with Gasteiger partial charge >= 0.3 is 0 Å². The molecule has 3 rings (SSSR count). The van der Waals surface area contributed by atoms with Gasteiger partial charge in [-0.2, -0.15) is 0 Å². The Labute approximate surface area is 167 Å². The SMILES string of the molecule is COc1ccc([C@H](c2nnnn2CCC(C)C)N2CCN(C)CC2)cc1OC. The molecule has 28 heavy (non-hydrogen) atoms. The monoisotopic (exact) mass is 388 g/mol. The zero-order valence-corrected chi connectivity index (χ0v) is 17.6. The predicted molar refractivity (Wildman–Crippen MR) is 108 cm³/mol. The molecule has 1 aromatic heterocycles. The van der Waals surface area contributed by atoms with E-state index in [-0.39, 0.29) is 6.04 Å². The van der Waals surface area contributed by atoms with Crippen LogP contribution in [-0.4, -0.2) is 77.5 Å². The first-order valence-electron chi connectivity index (χ1n) is 9.94. The largest absolute Gasteiger partial charge is 0.493 e. The van der Waals surface area contributed by atoms with E-state index in [1.54, 1.807) is 14.2 Å². The Morgan fingerprint density at radius 3 is 2.39 bits per heavy atom. The van der Waals surface area contributed by atoms with E-state index >= 15 is 0 Å². The maximum atomic E-state index is 5.55. The Kier molecular flexibility index (Phi) is 6.85. The molecule has 1 aliphatic rings. The van der Waals surface area contributed by atoms with Crippen molar-refractivity contribution in [3.05, 3.63) is 29.6 Å². The molecule has 8 heteroatoms. The number of likely N-dealkylation sites (N-methyl/N-ethyl adjacent to an activating group) is 1. The molecule has 0 saturated carbocycles. The molecule has 1 atom stereocenters. The van der Waals surface area contributed by atoms with Gasteiger partial charge in [-0.1, -0.05) is 19.9 Å². The lowest BCUT2D eigenvalue weighted by Gasteiger charge is -2.37. The molecule has 0 bridgehead atoms. The summed E-state index contributed by atoms with van der Waals surface area (Å²) in [6.07, 6.45) is 1.04. The Hall–Kier alpha value is -2.19. The van der Waals surface area contributed by atoms with E-state index in [4.69, 9.17) is 9.47 Å². The highest BCUT2D eigenvalue weighted by Crippen LogP contribution is 2.35. The molecule has 0 amide bonds. The van der Waals surface area contributed by atoms with Gasteiger partial charge in [-0.3, -0.25) is 4.90 Å². The summed E-state index contributed by atoms with van der Waals surface area (Å²) in [7, 11) is 5.48. The first kappa shape index (κ1) is 20.5. The number of hydrogen-bond acceptors (Lipinski definition) is 7. The average Bonchev–Trinajstić information content (AvgIpc) is 3.16. The number of methoxy groups -OCH3 is 2. The van der Waals surface area contributed by atoms with Gasteiger partial charge in [0.1, 0.15) is 0 Å². The predicted octanol–water partition coefficient (Wildman–Crippen LogP) is 2.07. The van der Waals surface area contributed by atoms with E-state index < -0.39 is 0 Å². The van der Waals surface area contributed by atoms with Crippen molar-refractivity contribution in [2.45, 2.75) is 32.9 Å². The third kappa shape index (κ3) is 4.62. The van der Waals surface area contributed by atoms with E-state index in [1.165, 1.54) is 0 Å². The van der Waals surface area contributed by atoms with Crippen molar-refractivity contribution >= 4 is 0 Å². The molecule has 0 N–H and O–H groups in total. The van der Waals surface area contributed by atoms with Crippen molar-refractivity contribution in [3.63, 3.8) is 0 Å². The van der Waals surface area contributed by atoms with Crippen LogP contribution in [0.4, 0.5) is 0 Å². The second-order valence-electron chi connectivity index (χ2n) is 7.80. The van der Waals surface area contributed by atoms with Crippen LogP contribution in [0.1, 0.15) is 37.7 Å². The quantitative estimate of drug-likeness (QED) is 0.686. The Morgan fingerprint density at radius 1 is 1.04 bits per heavy atom. The topological polar surface area (TPSA) is 68.5 Å². The summed E-state index contributed by atoms with van der Waals surface area (Å²) in [5.41, 5.74) is 1.11. The highest BCUT2D eigenvalue weighted by Gasteiger charge is 2.30. The molecule has 0 spiro atoms. The summed E-state index contributed by atoms with van der Waals surface area (Å²) in [5, 5.41) is 12.7. The van der Waals surface area contributed by atoms with Gasteiger partial charge in [-0.15, -0.1) is 5.10 Å². The van der Waals surface area contributed by atoms with Crippen molar-refractivity contribution in [1.82, 2.24) is 30.0 Å². The molecule has 1 fully saturated rings. The Bertz CT molecular complexity index is 755. The molecule has 1 aromatic carbocycles. The maximum Gasteiger partial charge on any atom is 0.173 e. The van der Waals surface area contributed by atoms with E-state index in [0.29, 0.717) is 5.92 Å². The minimum Gasteiger partial charge on any atom is -0.493 e. The number of aromatic nitrogens is 4. The molecular formula is C20H32N6O2. The zero-order valence-electron chi connectivity index (χ0n) is 17.6. The van der Waals surface area contributed by atoms with Gasteiger partial charge in [0, 0.05) is 32.7 Å². The standard InChI is InChI=1S/C20H32N6O2/c1-15(2)8-9-26-20(21-22-23-26)19(25-12-10-24(3)11-13-25)16-6-7-17(27-4)18(14-16)28-5/h6-7,14-15,19H,8-13H2,1-5H3/t19-/m1/s1. The summed E-state index contributed by atoms with van der Waals surface area (Å²) in [6, 6.07) is 6.07. The molecule has 1 saturated heterocycles. The number of ether oxygens (including phenoxy) is 2. The van der Waals surface area contributed by atoms with Crippen molar-refractivity contribution in [2.24, 2.45) is 5.92 Å². The minimum absolute atomic E-state index is 0.0179. The van der Waals surface area contributed by atoms with E-state index in [2.05, 4.69) is 52.3 Å². The highest BCUT2D eigenvalue weighted by atomic mass is 16.5. The van der Waals surface area contributed by atoms with E-state index in [1.807, 2.05) is 16.8 Å². The van der Waals surface area contributed by atoms with Crippen LogP contribution in [0.25, 0.3) is 0 Å². The number of nitrogens with zero attached hydrogens (tertiary/aromatic N) is 6. The summed E-state index contributed by atoms with van der Waals surface area (Å²) in [6.45, 7) is 9.23. The Balaban J connectivity index is 1.98. The van der Waals surface area contributed by atoms with E-state index in [0.717, 1.165) is 62.0 Å². The zero-order chi connectivity index (χ0) is 20.1. The number of aryl methyl sites for hydroxylation is 1. The molecule has 0 unspecified atom stereocenters. The van der Waals surface area contributed by atoms with Crippen LogP contribution in [-0.2, 0) is 6.54 Å². The van der Waals surface area contributed by atoms with E-state index in [9.17, 15) is 0 Å². The van der Waals surface area contributed by atoms with Crippen molar-refractivity contribution in [1.29, 1.82) is 0 Å². The summed E-state index contributed by atoms with van der Waals surface area (Å²) in [5.74, 6) is 2.93. The molecule has 8 nitrogen and oxygen atoms in total. The highest BCUT2D eigenvalue weighted by molar-refractivity contribution is 5.45. The first-order chi connectivity index (χ1) is 13.5. The van der Waals surface area contributed by atoms with Gasteiger partial charge in [0.05, 0.1) is 20.3 Å².